The molecule has 0 aromatic carbocycles. The maximum absolute atomic E-state index is 5.65. The topological polar surface area (TPSA) is 27.7 Å². The Morgan fingerprint density at radius 1 is 0.517 bits per heavy atom. The van der Waals surface area contributed by atoms with Crippen LogP contribution in [0, 0.1) is 0 Å². The molecule has 0 fully saturated rings. The smallest absolute Gasteiger partial charge is 0.783 e. The molecular weight excluding hydrogens is 446 g/mol. The number of quaternary nitrogens is 1. The van der Waals surface area contributed by atoms with Crippen molar-refractivity contribution in [3.63, 3.8) is 0 Å². The van der Waals surface area contributed by atoms with E-state index in [0.717, 1.165) is 6.54 Å². The largest absolute Gasteiger partial charge is 1.00 e. The van der Waals surface area contributed by atoms with Crippen LogP contribution >= 0.6 is 0 Å². The summed E-state index contributed by atoms with van der Waals surface area (Å²) in [7, 11) is 6.81. The van der Waals surface area contributed by atoms with E-state index in [-0.39, 0.29) is 17.0 Å². The van der Waals surface area contributed by atoms with Crippen LogP contribution in [0.1, 0.15) is 110 Å². The predicted octanol–water partition coefficient (Wildman–Crippen LogP) is 3.70. The molecule has 6 heteroatoms. The van der Waals surface area contributed by atoms with Gasteiger partial charge in [-0.1, -0.05) is 96.8 Å². The van der Waals surface area contributed by atoms with Gasteiger partial charge in [0.2, 0.25) is 0 Å². The van der Waals surface area contributed by atoms with Crippen LogP contribution in [-0.4, -0.2) is 55.1 Å². The van der Waals surface area contributed by atoms with Gasteiger partial charge in [-0.15, -0.1) is 0 Å². The van der Waals surface area contributed by atoms with Gasteiger partial charge in [-0.3, -0.25) is 0 Å². The van der Waals surface area contributed by atoms with Crippen molar-refractivity contribution < 1.29 is 34.4 Å². The number of unbranched alkanes of at least 4 members (excludes halogenated alkanes) is 15. The Morgan fingerprint density at radius 2 is 0.793 bits per heavy atom. The van der Waals surface area contributed by atoms with E-state index < -0.39 is 8.97 Å². The van der Waals surface area contributed by atoms with Gasteiger partial charge in [-0.05, 0) is 12.8 Å². The minimum absolute atomic E-state index is 0. The highest BCUT2D eigenvalue weighted by Gasteiger charge is 2.59. The summed E-state index contributed by atoms with van der Waals surface area (Å²) >= 11 is 0. The van der Waals surface area contributed by atoms with Gasteiger partial charge in [-0.2, -0.15) is 0 Å². The van der Waals surface area contributed by atoms with E-state index in [9.17, 15) is 0 Å². The second-order valence-corrected chi connectivity index (χ2v) is 12.3. The summed E-state index contributed by atoms with van der Waals surface area (Å²) in [6.45, 7) is 3.33. The Kier molecular flexibility index (Phi) is 22.4. The molecule has 0 unspecified atom stereocenters. The van der Waals surface area contributed by atoms with E-state index in [1.807, 2.05) is 0 Å². The van der Waals surface area contributed by atoms with Crippen LogP contribution in [0.15, 0.2) is 0 Å². The fraction of sp³-hybridized carbons (Fsp3) is 1.00. The minimum Gasteiger partial charge on any atom is -1.00 e. The van der Waals surface area contributed by atoms with Gasteiger partial charge < -0.3 is 34.4 Å². The Labute approximate surface area is 194 Å². The highest BCUT2D eigenvalue weighted by molar-refractivity contribution is 6.52. The molecule has 0 bridgehead atoms. The highest BCUT2D eigenvalue weighted by atomic mass is 79.9. The van der Waals surface area contributed by atoms with Gasteiger partial charge in [0.25, 0.3) is 0 Å². The van der Waals surface area contributed by atoms with Crippen LogP contribution in [0.25, 0.3) is 0 Å². The molecule has 0 radical (unpaired) electrons. The molecule has 0 saturated heterocycles. The minimum atomic E-state index is -2.62. The van der Waals surface area contributed by atoms with E-state index >= 15 is 0 Å². The lowest BCUT2D eigenvalue weighted by molar-refractivity contribution is -0.819. The Bertz CT molecular complexity index is 334. The first kappa shape index (κ1) is 31.7. The van der Waals surface area contributed by atoms with Crippen LogP contribution in [0.5, 0.6) is 0 Å². The zero-order valence-electron chi connectivity index (χ0n) is 20.6. The molecule has 0 spiro atoms. The lowest BCUT2D eigenvalue weighted by atomic mass is 10.0. The maximum Gasteiger partial charge on any atom is 0.783 e. The van der Waals surface area contributed by atoms with Crippen molar-refractivity contribution >= 4 is 8.97 Å². The molecule has 0 aliphatic carbocycles. The van der Waals surface area contributed by atoms with Crippen molar-refractivity contribution in [1.82, 2.24) is 0 Å². The molecule has 0 N–H and O–H groups in total. The molecule has 178 valence electrons. The summed E-state index contributed by atoms with van der Waals surface area (Å²) in [4.78, 5) is 0. The SMILES string of the molecule is CCCCCCCCCCCCCCCCCC[N+](C)(C)[Si](OC)(OC)OC.[Br-]. The molecule has 0 amide bonds. The summed E-state index contributed by atoms with van der Waals surface area (Å²) in [6, 6.07) is 0. The average molecular weight is 499 g/mol. The number of hydrogen-bond donors (Lipinski definition) is 0. The number of rotatable bonds is 21. The van der Waals surface area contributed by atoms with E-state index in [1.54, 1.807) is 21.3 Å². The molecule has 0 aliphatic rings. The zero-order chi connectivity index (χ0) is 21.1. The number of hydrogen-bond acceptors (Lipinski definition) is 3. The van der Waals surface area contributed by atoms with Crippen LogP contribution in [-0.2, 0) is 13.3 Å². The summed E-state index contributed by atoms with van der Waals surface area (Å²) in [5.41, 5.74) is 0. The highest BCUT2D eigenvalue weighted by Crippen LogP contribution is 2.20. The molecule has 0 aliphatic heterocycles. The molecule has 0 atom stereocenters. The third-order valence-corrected chi connectivity index (χ3v) is 9.34. The fourth-order valence-corrected chi connectivity index (χ4v) is 6.60. The first-order valence-electron chi connectivity index (χ1n) is 12.0. The quantitative estimate of drug-likeness (QED) is 0.178. The summed E-state index contributed by atoms with van der Waals surface area (Å²) in [5, 5.41) is 0. The van der Waals surface area contributed by atoms with E-state index in [2.05, 4.69) is 21.0 Å². The molecule has 0 saturated carbocycles. The summed E-state index contributed by atoms with van der Waals surface area (Å²) in [5.74, 6) is 0. The van der Waals surface area contributed by atoms with Gasteiger partial charge in [0, 0.05) is 21.3 Å². The van der Waals surface area contributed by atoms with Gasteiger partial charge in [0.1, 0.15) is 0 Å². The fourth-order valence-electron chi connectivity index (χ4n) is 4.18. The number of halogens is 1. The van der Waals surface area contributed by atoms with E-state index in [4.69, 9.17) is 13.3 Å². The molecule has 0 rings (SSSR count). The first-order chi connectivity index (χ1) is 13.5. The molecule has 0 aromatic heterocycles. The maximum atomic E-state index is 5.65. The van der Waals surface area contributed by atoms with Gasteiger partial charge in [-0.25, -0.2) is 0 Å². The second kappa shape index (κ2) is 20.4. The lowest BCUT2D eigenvalue weighted by Crippen LogP contribution is -3.00. The zero-order valence-corrected chi connectivity index (χ0v) is 23.2. The summed E-state index contributed by atoms with van der Waals surface area (Å²) in [6.07, 6.45) is 22.4. The normalized spacial score (nSPS) is 12.2. The van der Waals surface area contributed by atoms with Crippen molar-refractivity contribution in [3.8, 4) is 0 Å². The van der Waals surface area contributed by atoms with Gasteiger partial charge in [0.15, 0.2) is 0 Å². The average Bonchev–Trinajstić information content (AvgIpc) is 2.69. The van der Waals surface area contributed by atoms with E-state index in [1.165, 1.54) is 103 Å². The Morgan fingerprint density at radius 3 is 1.07 bits per heavy atom. The van der Waals surface area contributed by atoms with Crippen molar-refractivity contribution in [2.45, 2.75) is 110 Å². The van der Waals surface area contributed by atoms with Crippen molar-refractivity contribution in [1.29, 1.82) is 0 Å². The van der Waals surface area contributed by atoms with Crippen molar-refractivity contribution in [2.75, 3.05) is 42.0 Å². The van der Waals surface area contributed by atoms with Crippen LogP contribution in [0.2, 0.25) is 0 Å². The second-order valence-electron chi connectivity index (χ2n) is 8.85. The van der Waals surface area contributed by atoms with Crippen LogP contribution in [0.4, 0.5) is 0 Å². The van der Waals surface area contributed by atoms with Crippen LogP contribution < -0.4 is 17.0 Å². The molecule has 29 heavy (non-hydrogen) atoms. The molecule has 0 heterocycles. The van der Waals surface area contributed by atoms with Crippen molar-refractivity contribution in [3.05, 3.63) is 0 Å². The third-order valence-electron chi connectivity index (χ3n) is 6.09. The predicted molar refractivity (Wildman–Crippen MR) is 123 cm³/mol. The van der Waals surface area contributed by atoms with Crippen LogP contribution in [0.3, 0.4) is 0 Å². The Balaban J connectivity index is 0. The monoisotopic (exact) mass is 497 g/mol. The van der Waals surface area contributed by atoms with Crippen molar-refractivity contribution in [2.24, 2.45) is 0 Å². The molecular formula is C23H52BrNO3Si. The third kappa shape index (κ3) is 14.3. The lowest BCUT2D eigenvalue weighted by Gasteiger charge is -2.39. The first-order valence-corrected chi connectivity index (χ1v) is 13.7. The van der Waals surface area contributed by atoms with E-state index in [0.29, 0.717) is 4.15 Å². The Hall–Kier alpha value is 0.537. The number of nitrogens with zero attached hydrogens (tertiary/aromatic N) is 1. The standard InChI is InChI=1S/C23H52NO3Si.BrH/c1-7-8-9-10-11-12-13-14-15-16-17-18-19-20-21-22-23-24(2,3)28(25-4,26-5)27-6;/h7-23H2,1-6H3;1H/q+1;/p-1. The molecule has 4 nitrogen and oxygen atoms in total. The van der Waals surface area contributed by atoms with Gasteiger partial charge in [0.05, 0.1) is 20.6 Å². The van der Waals surface area contributed by atoms with Gasteiger partial charge >= 0.3 is 8.97 Å². The summed E-state index contributed by atoms with van der Waals surface area (Å²) < 4.78 is 17.6. The molecule has 0 aromatic rings.